The Morgan fingerprint density at radius 2 is 2.21 bits per heavy atom. The lowest BCUT2D eigenvalue weighted by atomic mass is 9.89. The van der Waals surface area contributed by atoms with Crippen LogP contribution in [0.15, 0.2) is 16.5 Å². The van der Waals surface area contributed by atoms with Crippen LogP contribution in [0.4, 0.5) is 0 Å². The first-order chi connectivity index (χ1) is 11.6. The van der Waals surface area contributed by atoms with Crippen molar-refractivity contribution >= 4 is 11.8 Å². The molecule has 3 saturated heterocycles. The van der Waals surface area contributed by atoms with Gasteiger partial charge in [-0.05, 0) is 44.7 Å². The molecule has 0 aromatic carbocycles. The molecule has 4 rings (SSSR count). The molecule has 2 amide bonds. The van der Waals surface area contributed by atoms with E-state index in [0.717, 1.165) is 38.0 Å². The van der Waals surface area contributed by atoms with E-state index in [1.165, 1.54) is 0 Å². The molecule has 0 N–H and O–H groups in total. The van der Waals surface area contributed by atoms with Crippen LogP contribution in [0.25, 0.3) is 0 Å². The summed E-state index contributed by atoms with van der Waals surface area (Å²) in [7, 11) is 0. The first-order valence-corrected chi connectivity index (χ1v) is 8.85. The predicted octanol–water partition coefficient (Wildman–Crippen LogP) is 1.97. The first kappa shape index (κ1) is 15.7. The third-order valence-electron chi connectivity index (χ3n) is 5.57. The van der Waals surface area contributed by atoms with E-state index in [0.29, 0.717) is 31.9 Å². The van der Waals surface area contributed by atoms with E-state index in [2.05, 4.69) is 0 Å². The highest BCUT2D eigenvalue weighted by molar-refractivity contribution is 5.91. The fourth-order valence-corrected chi connectivity index (χ4v) is 4.33. The van der Waals surface area contributed by atoms with Crippen molar-refractivity contribution < 1.29 is 18.7 Å². The molecular weight excluding hydrogens is 308 g/mol. The fraction of sp³-hybridized carbons (Fsp3) is 0.667. The molecule has 130 valence electrons. The van der Waals surface area contributed by atoms with Gasteiger partial charge in [-0.15, -0.1) is 0 Å². The fourth-order valence-electron chi connectivity index (χ4n) is 4.33. The summed E-state index contributed by atoms with van der Waals surface area (Å²) < 4.78 is 11.6. The number of furan rings is 1. The second kappa shape index (κ2) is 5.92. The highest BCUT2D eigenvalue weighted by atomic mass is 16.5. The van der Waals surface area contributed by atoms with Gasteiger partial charge >= 0.3 is 0 Å². The number of amides is 2. The van der Waals surface area contributed by atoms with Gasteiger partial charge in [0, 0.05) is 32.2 Å². The number of likely N-dealkylation sites (tertiary alicyclic amines) is 2. The summed E-state index contributed by atoms with van der Waals surface area (Å²) in [5.74, 6) is 1.34. The van der Waals surface area contributed by atoms with Crippen molar-refractivity contribution in [2.75, 3.05) is 26.2 Å². The predicted molar refractivity (Wildman–Crippen MR) is 86.6 cm³/mol. The third-order valence-corrected chi connectivity index (χ3v) is 5.57. The van der Waals surface area contributed by atoms with E-state index in [-0.39, 0.29) is 23.5 Å². The normalized spacial score (nSPS) is 30.5. The van der Waals surface area contributed by atoms with Crippen molar-refractivity contribution in [2.45, 2.75) is 50.7 Å². The highest BCUT2D eigenvalue weighted by Crippen LogP contribution is 2.37. The SMILES string of the molecule is Cc1ccc(C(=O)N2CC[C@@]3(C[C@H](N4CCCC4=O)CCO3)C2)o1. The van der Waals surface area contributed by atoms with E-state index in [1.54, 1.807) is 6.07 Å². The van der Waals surface area contributed by atoms with Gasteiger partial charge < -0.3 is 19.0 Å². The van der Waals surface area contributed by atoms with Gasteiger partial charge in [0.15, 0.2) is 5.76 Å². The Bertz CT molecular complexity index is 655. The number of rotatable bonds is 2. The largest absolute Gasteiger partial charge is 0.456 e. The summed E-state index contributed by atoms with van der Waals surface area (Å²) >= 11 is 0. The zero-order valence-electron chi connectivity index (χ0n) is 14.1. The van der Waals surface area contributed by atoms with Crippen molar-refractivity contribution in [3.8, 4) is 0 Å². The van der Waals surface area contributed by atoms with Gasteiger partial charge in [-0.1, -0.05) is 0 Å². The Morgan fingerprint density at radius 3 is 2.92 bits per heavy atom. The molecule has 0 saturated carbocycles. The van der Waals surface area contributed by atoms with E-state index < -0.39 is 0 Å². The van der Waals surface area contributed by atoms with Gasteiger partial charge in [-0.3, -0.25) is 9.59 Å². The quantitative estimate of drug-likeness (QED) is 0.831. The average Bonchev–Trinajstić information content (AvgIpc) is 3.28. The van der Waals surface area contributed by atoms with E-state index in [9.17, 15) is 9.59 Å². The van der Waals surface area contributed by atoms with Crippen LogP contribution in [0.3, 0.4) is 0 Å². The van der Waals surface area contributed by atoms with Crippen molar-refractivity contribution in [2.24, 2.45) is 0 Å². The summed E-state index contributed by atoms with van der Waals surface area (Å²) in [6.45, 7) is 4.64. The molecule has 3 aliphatic heterocycles. The smallest absolute Gasteiger partial charge is 0.289 e. The molecule has 3 fully saturated rings. The Kier molecular flexibility index (Phi) is 3.87. The lowest BCUT2D eigenvalue weighted by Gasteiger charge is -2.41. The molecule has 4 heterocycles. The van der Waals surface area contributed by atoms with Gasteiger partial charge in [0.05, 0.1) is 12.1 Å². The summed E-state index contributed by atoms with van der Waals surface area (Å²) in [6, 6.07) is 3.80. The molecule has 1 aromatic rings. The summed E-state index contributed by atoms with van der Waals surface area (Å²) in [5.41, 5.74) is -0.302. The monoisotopic (exact) mass is 332 g/mol. The molecule has 3 aliphatic rings. The van der Waals surface area contributed by atoms with E-state index in [4.69, 9.17) is 9.15 Å². The molecule has 6 nitrogen and oxygen atoms in total. The van der Waals surface area contributed by atoms with Crippen LogP contribution in [-0.4, -0.2) is 59.5 Å². The van der Waals surface area contributed by atoms with Crippen LogP contribution in [0.2, 0.25) is 0 Å². The standard InChI is InChI=1S/C18H24N2O4/c1-13-4-5-15(24-13)17(22)19-9-7-18(12-19)11-14(6-10-23-18)20-8-2-3-16(20)21/h4-5,14H,2-3,6-12H2,1H3/t14-,18-/m1/s1. The molecule has 1 spiro atoms. The summed E-state index contributed by atoms with van der Waals surface area (Å²) in [6.07, 6.45) is 4.20. The average molecular weight is 332 g/mol. The Labute approximate surface area is 141 Å². The van der Waals surface area contributed by atoms with Crippen molar-refractivity contribution in [3.05, 3.63) is 23.7 Å². The zero-order chi connectivity index (χ0) is 16.7. The summed E-state index contributed by atoms with van der Waals surface area (Å²) in [4.78, 5) is 28.5. The van der Waals surface area contributed by atoms with Crippen LogP contribution in [0, 0.1) is 6.92 Å². The molecule has 0 bridgehead atoms. The van der Waals surface area contributed by atoms with Crippen LogP contribution in [-0.2, 0) is 9.53 Å². The molecule has 0 unspecified atom stereocenters. The zero-order valence-corrected chi connectivity index (χ0v) is 14.1. The minimum atomic E-state index is -0.302. The van der Waals surface area contributed by atoms with Crippen molar-refractivity contribution in [1.82, 2.24) is 9.80 Å². The number of aryl methyl sites for hydroxylation is 1. The first-order valence-electron chi connectivity index (χ1n) is 8.85. The molecule has 0 radical (unpaired) electrons. The second-order valence-corrected chi connectivity index (χ2v) is 7.26. The maximum Gasteiger partial charge on any atom is 0.289 e. The third kappa shape index (κ3) is 2.73. The van der Waals surface area contributed by atoms with Gasteiger partial charge in [0.2, 0.25) is 5.91 Å². The minimum Gasteiger partial charge on any atom is -0.456 e. The van der Waals surface area contributed by atoms with E-state index >= 15 is 0 Å². The number of carbonyl (C=O) groups excluding carboxylic acids is 2. The topological polar surface area (TPSA) is 63.0 Å². The van der Waals surface area contributed by atoms with Crippen molar-refractivity contribution in [3.63, 3.8) is 0 Å². The van der Waals surface area contributed by atoms with E-state index in [1.807, 2.05) is 22.8 Å². The second-order valence-electron chi connectivity index (χ2n) is 7.26. The molecular formula is C18H24N2O4. The number of hydrogen-bond acceptors (Lipinski definition) is 4. The maximum absolute atomic E-state index is 12.6. The lowest BCUT2D eigenvalue weighted by molar-refractivity contribution is -0.137. The van der Waals surface area contributed by atoms with Gasteiger partial charge in [-0.25, -0.2) is 0 Å². The van der Waals surface area contributed by atoms with Gasteiger partial charge in [0.1, 0.15) is 5.76 Å². The molecule has 6 heteroatoms. The molecule has 1 aromatic heterocycles. The minimum absolute atomic E-state index is 0.0667. The molecule has 24 heavy (non-hydrogen) atoms. The van der Waals surface area contributed by atoms with Crippen LogP contribution in [0.5, 0.6) is 0 Å². The Balaban J connectivity index is 1.44. The van der Waals surface area contributed by atoms with Crippen LogP contribution < -0.4 is 0 Å². The number of ether oxygens (including phenoxy) is 1. The number of nitrogens with zero attached hydrogens (tertiary/aromatic N) is 2. The Hall–Kier alpha value is -1.82. The maximum atomic E-state index is 12.6. The number of hydrogen-bond donors (Lipinski definition) is 0. The molecule has 2 atom stereocenters. The van der Waals surface area contributed by atoms with Crippen LogP contribution >= 0.6 is 0 Å². The molecule has 0 aliphatic carbocycles. The summed E-state index contributed by atoms with van der Waals surface area (Å²) in [5, 5.41) is 0. The lowest BCUT2D eigenvalue weighted by Crippen LogP contribution is -2.50. The Morgan fingerprint density at radius 1 is 1.33 bits per heavy atom. The number of carbonyl (C=O) groups is 2. The highest BCUT2D eigenvalue weighted by Gasteiger charge is 2.47. The van der Waals surface area contributed by atoms with Crippen LogP contribution in [0.1, 0.15) is 48.4 Å². The van der Waals surface area contributed by atoms with Gasteiger partial charge in [-0.2, -0.15) is 0 Å². The van der Waals surface area contributed by atoms with Gasteiger partial charge in [0.25, 0.3) is 5.91 Å². The van der Waals surface area contributed by atoms with Crippen molar-refractivity contribution in [1.29, 1.82) is 0 Å².